The van der Waals surface area contributed by atoms with Crippen LogP contribution in [0.4, 0.5) is 0 Å². The highest BCUT2D eigenvalue weighted by Crippen LogP contribution is 2.25. The van der Waals surface area contributed by atoms with Crippen molar-refractivity contribution in [3.8, 4) is 0 Å². The maximum absolute atomic E-state index is 13.1. The molecule has 0 aliphatic heterocycles. The molecule has 1 amide bonds. The molecule has 1 aromatic heterocycles. The van der Waals surface area contributed by atoms with Crippen molar-refractivity contribution in [1.29, 1.82) is 0 Å². The fourth-order valence-corrected chi connectivity index (χ4v) is 3.52. The van der Waals surface area contributed by atoms with E-state index >= 15 is 0 Å². The lowest BCUT2D eigenvalue weighted by molar-refractivity contribution is 0.0938. The second kappa shape index (κ2) is 7.12. The first-order valence-corrected chi connectivity index (χ1v) is 9.13. The van der Waals surface area contributed by atoms with Gasteiger partial charge in [-0.25, -0.2) is 0 Å². The molecule has 4 aromatic rings. The number of aryl methyl sites for hydroxylation is 2. The summed E-state index contributed by atoms with van der Waals surface area (Å²) >= 11 is 0. The van der Waals surface area contributed by atoms with Crippen LogP contribution in [0.15, 0.2) is 78.9 Å². The van der Waals surface area contributed by atoms with Crippen molar-refractivity contribution in [3.63, 3.8) is 0 Å². The van der Waals surface area contributed by atoms with Crippen LogP contribution in [0, 0.1) is 13.8 Å². The van der Waals surface area contributed by atoms with Crippen LogP contribution < -0.4 is 5.32 Å². The van der Waals surface area contributed by atoms with Gasteiger partial charge in [-0.15, -0.1) is 0 Å². The van der Waals surface area contributed by atoms with Crippen LogP contribution in [0.1, 0.15) is 38.8 Å². The first kappa shape index (κ1) is 17.1. The summed E-state index contributed by atoms with van der Waals surface area (Å²) in [6, 6.07) is 26.1. The molecule has 0 spiro atoms. The predicted octanol–water partition coefficient (Wildman–Crippen LogP) is 5.30. The number of amides is 1. The Labute approximate surface area is 159 Å². The van der Waals surface area contributed by atoms with Crippen molar-refractivity contribution < 1.29 is 4.79 Å². The molecule has 1 heterocycles. The van der Waals surface area contributed by atoms with E-state index in [1.54, 1.807) is 0 Å². The van der Waals surface area contributed by atoms with Gasteiger partial charge in [0.15, 0.2) is 0 Å². The molecule has 0 aliphatic carbocycles. The van der Waals surface area contributed by atoms with E-state index in [9.17, 15) is 4.79 Å². The Bertz CT molecular complexity index is 1040. The highest BCUT2D eigenvalue weighted by molar-refractivity contribution is 6.01. The van der Waals surface area contributed by atoms with E-state index in [0.29, 0.717) is 5.69 Å². The van der Waals surface area contributed by atoms with E-state index in [0.717, 1.165) is 27.6 Å². The lowest BCUT2D eigenvalue weighted by Crippen LogP contribution is -2.30. The molecule has 0 aliphatic rings. The van der Waals surface area contributed by atoms with Crippen molar-refractivity contribution >= 4 is 16.8 Å². The number of carbonyl (C=O) groups is 1. The van der Waals surface area contributed by atoms with E-state index < -0.39 is 0 Å². The van der Waals surface area contributed by atoms with Crippen LogP contribution in [0.5, 0.6) is 0 Å². The summed E-state index contributed by atoms with van der Waals surface area (Å²) in [4.78, 5) is 16.4. The van der Waals surface area contributed by atoms with Crippen molar-refractivity contribution in [2.75, 3.05) is 0 Å². The smallest absolute Gasteiger partial charge is 0.268 e. The molecule has 0 saturated heterocycles. The molecule has 0 fully saturated rings. The van der Waals surface area contributed by atoms with E-state index in [4.69, 9.17) is 0 Å². The summed E-state index contributed by atoms with van der Waals surface area (Å²) in [5, 5.41) is 4.31. The van der Waals surface area contributed by atoms with Gasteiger partial charge in [0.05, 0.1) is 6.04 Å². The number of aromatic nitrogens is 1. The number of H-pyrrole nitrogens is 1. The minimum absolute atomic E-state index is 0.0981. The van der Waals surface area contributed by atoms with E-state index in [1.165, 1.54) is 5.56 Å². The van der Waals surface area contributed by atoms with Gasteiger partial charge in [0.1, 0.15) is 5.69 Å². The van der Waals surface area contributed by atoms with E-state index in [1.807, 2.05) is 73.7 Å². The van der Waals surface area contributed by atoms with Crippen LogP contribution in [-0.2, 0) is 0 Å². The molecule has 2 N–H and O–H groups in total. The first-order chi connectivity index (χ1) is 13.1. The van der Waals surface area contributed by atoms with Gasteiger partial charge in [0, 0.05) is 10.9 Å². The zero-order chi connectivity index (χ0) is 18.8. The SMILES string of the molecule is Cc1ccc2[nH]c(C(=O)NC(c3ccccc3)c3ccccc3)c(C)c2c1. The Balaban J connectivity index is 1.71. The summed E-state index contributed by atoms with van der Waals surface area (Å²) in [5.74, 6) is -0.0981. The summed E-state index contributed by atoms with van der Waals surface area (Å²) in [6.07, 6.45) is 0. The second-order valence-electron chi connectivity index (χ2n) is 6.90. The number of carbonyl (C=O) groups excluding carboxylic acids is 1. The van der Waals surface area contributed by atoms with Gasteiger partial charge in [0.25, 0.3) is 5.91 Å². The van der Waals surface area contributed by atoms with Crippen LogP contribution in [0.25, 0.3) is 10.9 Å². The second-order valence-corrected chi connectivity index (χ2v) is 6.90. The Morgan fingerprint density at radius 1 is 0.852 bits per heavy atom. The average molecular weight is 354 g/mol. The zero-order valence-electron chi connectivity index (χ0n) is 15.5. The molecule has 0 atom stereocenters. The monoisotopic (exact) mass is 354 g/mol. The predicted molar refractivity (Wildman–Crippen MR) is 110 cm³/mol. The molecule has 4 rings (SSSR count). The number of rotatable bonds is 4. The molecule has 3 nitrogen and oxygen atoms in total. The van der Waals surface area contributed by atoms with E-state index in [2.05, 4.69) is 29.4 Å². The number of hydrogen-bond donors (Lipinski definition) is 2. The fraction of sp³-hybridized carbons (Fsp3) is 0.125. The number of nitrogens with one attached hydrogen (secondary N) is 2. The van der Waals surface area contributed by atoms with Crippen molar-refractivity contribution in [2.24, 2.45) is 0 Å². The highest BCUT2D eigenvalue weighted by atomic mass is 16.1. The van der Waals surface area contributed by atoms with E-state index in [-0.39, 0.29) is 11.9 Å². The standard InChI is InChI=1S/C24H22N2O/c1-16-13-14-21-20(15-16)17(2)22(25-21)24(27)26-23(18-9-5-3-6-10-18)19-11-7-4-8-12-19/h3-15,23,25H,1-2H3,(H,26,27). The Morgan fingerprint density at radius 3 is 2.04 bits per heavy atom. The Kier molecular flexibility index (Phi) is 4.51. The molecule has 0 bridgehead atoms. The van der Waals surface area contributed by atoms with Gasteiger partial charge in [-0.1, -0.05) is 72.3 Å². The van der Waals surface area contributed by atoms with Gasteiger partial charge in [0.2, 0.25) is 0 Å². The summed E-state index contributed by atoms with van der Waals surface area (Å²) in [7, 11) is 0. The Morgan fingerprint density at radius 2 is 1.44 bits per heavy atom. The molecule has 3 heteroatoms. The number of fused-ring (bicyclic) bond motifs is 1. The van der Waals surface area contributed by atoms with Gasteiger partial charge in [-0.3, -0.25) is 4.79 Å². The third kappa shape index (κ3) is 3.36. The highest BCUT2D eigenvalue weighted by Gasteiger charge is 2.21. The number of hydrogen-bond acceptors (Lipinski definition) is 1. The van der Waals surface area contributed by atoms with Gasteiger partial charge < -0.3 is 10.3 Å². The molecule has 3 aromatic carbocycles. The minimum atomic E-state index is -0.201. The lowest BCUT2D eigenvalue weighted by atomic mass is 9.98. The van der Waals surface area contributed by atoms with Gasteiger partial charge in [-0.05, 0) is 42.7 Å². The largest absolute Gasteiger partial charge is 0.350 e. The summed E-state index contributed by atoms with van der Waals surface area (Å²) in [5.41, 5.74) is 5.88. The lowest BCUT2D eigenvalue weighted by Gasteiger charge is -2.20. The maximum Gasteiger partial charge on any atom is 0.268 e. The topological polar surface area (TPSA) is 44.9 Å². The molecule has 27 heavy (non-hydrogen) atoms. The molecule has 0 saturated carbocycles. The van der Waals surface area contributed by atoms with Gasteiger partial charge in [-0.2, -0.15) is 0 Å². The van der Waals surface area contributed by atoms with Crippen molar-refractivity contribution in [3.05, 3.63) is 107 Å². The molecule has 0 radical (unpaired) electrons. The number of benzene rings is 3. The van der Waals surface area contributed by atoms with Crippen LogP contribution in [-0.4, -0.2) is 10.9 Å². The Hall–Kier alpha value is -3.33. The van der Waals surface area contributed by atoms with Crippen LogP contribution in [0.2, 0.25) is 0 Å². The molecular weight excluding hydrogens is 332 g/mol. The summed E-state index contributed by atoms with van der Waals surface area (Å²) < 4.78 is 0. The normalized spacial score (nSPS) is 11.1. The average Bonchev–Trinajstić information content (AvgIpc) is 3.03. The molecular formula is C24H22N2O. The third-order valence-electron chi connectivity index (χ3n) is 4.98. The molecule has 0 unspecified atom stereocenters. The van der Waals surface area contributed by atoms with Crippen LogP contribution >= 0.6 is 0 Å². The zero-order valence-corrected chi connectivity index (χ0v) is 15.5. The summed E-state index contributed by atoms with van der Waals surface area (Å²) in [6.45, 7) is 4.06. The maximum atomic E-state index is 13.1. The fourth-order valence-electron chi connectivity index (χ4n) is 3.52. The number of aromatic amines is 1. The first-order valence-electron chi connectivity index (χ1n) is 9.13. The van der Waals surface area contributed by atoms with Crippen molar-refractivity contribution in [2.45, 2.75) is 19.9 Å². The van der Waals surface area contributed by atoms with Crippen LogP contribution in [0.3, 0.4) is 0 Å². The minimum Gasteiger partial charge on any atom is -0.350 e. The quantitative estimate of drug-likeness (QED) is 0.513. The molecule has 134 valence electrons. The third-order valence-corrected chi connectivity index (χ3v) is 4.98. The van der Waals surface area contributed by atoms with Crippen molar-refractivity contribution in [1.82, 2.24) is 10.3 Å². The van der Waals surface area contributed by atoms with Gasteiger partial charge >= 0.3 is 0 Å².